The van der Waals surface area contributed by atoms with Crippen LogP contribution in [0.5, 0.6) is 0 Å². The largest absolute Gasteiger partial charge is 0.329 e. The van der Waals surface area contributed by atoms with Gasteiger partial charge in [0.05, 0.1) is 0 Å². The highest BCUT2D eigenvalue weighted by molar-refractivity contribution is 9.10. The van der Waals surface area contributed by atoms with Crippen LogP contribution in [0.15, 0.2) is 22.8 Å². The third kappa shape index (κ3) is 2.04. The molecule has 0 aromatic carbocycles. The van der Waals surface area contributed by atoms with E-state index in [0.29, 0.717) is 5.82 Å². The SMILES string of the molecule is S=[C]Nc1ccc(Br)cn1. The van der Waals surface area contributed by atoms with Gasteiger partial charge in [0, 0.05) is 10.7 Å². The maximum Gasteiger partial charge on any atom is 0.140 e. The van der Waals surface area contributed by atoms with Gasteiger partial charge in [0.25, 0.3) is 0 Å². The summed E-state index contributed by atoms with van der Waals surface area (Å²) in [6, 6.07) is 3.69. The van der Waals surface area contributed by atoms with Crippen molar-refractivity contribution in [2.45, 2.75) is 0 Å². The molecule has 0 saturated heterocycles. The molecule has 1 N–H and O–H groups in total. The Morgan fingerprint density at radius 1 is 1.60 bits per heavy atom. The van der Waals surface area contributed by atoms with Crippen molar-refractivity contribution in [2.24, 2.45) is 0 Å². The zero-order chi connectivity index (χ0) is 7.40. The molecule has 51 valence electrons. The molecule has 0 aliphatic rings. The summed E-state index contributed by atoms with van der Waals surface area (Å²) in [4.78, 5) is 3.98. The van der Waals surface area contributed by atoms with Crippen molar-refractivity contribution >= 4 is 39.5 Å². The molecule has 1 radical (unpaired) electrons. The number of hydrogen-bond donors (Lipinski definition) is 1. The third-order valence-corrected chi connectivity index (χ3v) is 1.48. The molecular formula is C6H4BrN2S. The molecule has 0 unspecified atom stereocenters. The Labute approximate surface area is 72.8 Å². The first-order chi connectivity index (χ1) is 4.83. The van der Waals surface area contributed by atoms with Crippen LogP contribution in [-0.4, -0.2) is 10.5 Å². The monoisotopic (exact) mass is 215 g/mol. The summed E-state index contributed by atoms with van der Waals surface area (Å²) in [5.41, 5.74) is 2.36. The maximum atomic E-state index is 4.45. The molecule has 0 fully saturated rings. The number of thiocarbonyl (C=S) groups is 1. The van der Waals surface area contributed by atoms with Gasteiger partial charge in [-0.05, 0) is 28.1 Å². The van der Waals surface area contributed by atoms with Crippen LogP contribution in [-0.2, 0) is 0 Å². The van der Waals surface area contributed by atoms with Crippen LogP contribution in [0.3, 0.4) is 0 Å². The van der Waals surface area contributed by atoms with Gasteiger partial charge in [0.1, 0.15) is 11.3 Å². The molecule has 0 amide bonds. The smallest absolute Gasteiger partial charge is 0.140 e. The summed E-state index contributed by atoms with van der Waals surface area (Å²) in [7, 11) is 0. The van der Waals surface area contributed by atoms with Gasteiger partial charge in [-0.1, -0.05) is 12.2 Å². The minimum absolute atomic E-state index is 0.707. The van der Waals surface area contributed by atoms with E-state index >= 15 is 0 Å². The number of nitrogens with zero attached hydrogens (tertiary/aromatic N) is 1. The van der Waals surface area contributed by atoms with Gasteiger partial charge in [0.2, 0.25) is 0 Å². The fraction of sp³-hybridized carbons (Fsp3) is 0. The van der Waals surface area contributed by atoms with Crippen LogP contribution in [0.2, 0.25) is 0 Å². The molecular weight excluding hydrogens is 212 g/mol. The molecule has 0 bridgehead atoms. The molecule has 4 heteroatoms. The lowest BCUT2D eigenvalue weighted by Gasteiger charge is -1.95. The summed E-state index contributed by atoms with van der Waals surface area (Å²) in [6.45, 7) is 0. The molecule has 10 heavy (non-hydrogen) atoms. The van der Waals surface area contributed by atoms with E-state index in [-0.39, 0.29) is 0 Å². The highest BCUT2D eigenvalue weighted by Gasteiger charge is 1.88. The molecule has 0 aliphatic heterocycles. The number of aromatic nitrogens is 1. The van der Waals surface area contributed by atoms with Crippen LogP contribution < -0.4 is 5.32 Å². The Hall–Kier alpha value is -0.480. The van der Waals surface area contributed by atoms with Crippen molar-refractivity contribution in [3.8, 4) is 0 Å². The Balaban J connectivity index is 2.78. The van der Waals surface area contributed by atoms with E-state index in [1.54, 1.807) is 6.20 Å². The quantitative estimate of drug-likeness (QED) is 0.605. The Kier molecular flexibility index (Phi) is 2.77. The van der Waals surface area contributed by atoms with E-state index in [1.165, 1.54) is 0 Å². The van der Waals surface area contributed by atoms with Crippen LogP contribution in [0.25, 0.3) is 0 Å². The highest BCUT2D eigenvalue weighted by Crippen LogP contribution is 2.09. The number of rotatable bonds is 2. The van der Waals surface area contributed by atoms with E-state index in [4.69, 9.17) is 0 Å². The molecule has 0 aliphatic carbocycles. The summed E-state index contributed by atoms with van der Waals surface area (Å²) in [6.07, 6.45) is 1.69. The molecule has 1 rings (SSSR count). The van der Waals surface area contributed by atoms with E-state index in [9.17, 15) is 0 Å². The van der Waals surface area contributed by atoms with Crippen molar-refractivity contribution in [1.82, 2.24) is 4.98 Å². The molecule has 2 nitrogen and oxygen atoms in total. The molecule has 1 heterocycles. The fourth-order valence-electron chi connectivity index (χ4n) is 0.502. The van der Waals surface area contributed by atoms with Crippen molar-refractivity contribution in [2.75, 3.05) is 5.32 Å². The van der Waals surface area contributed by atoms with Crippen LogP contribution in [0.4, 0.5) is 5.82 Å². The lowest BCUT2D eigenvalue weighted by Crippen LogP contribution is -1.93. The summed E-state index contributed by atoms with van der Waals surface area (Å²) >= 11 is 7.71. The van der Waals surface area contributed by atoms with Crippen LogP contribution >= 0.6 is 28.1 Å². The number of nitrogens with one attached hydrogen (secondary N) is 1. The number of anilines is 1. The Bertz CT molecular complexity index is 222. The molecule has 1 aromatic heterocycles. The average molecular weight is 216 g/mol. The lowest BCUT2D eigenvalue weighted by molar-refractivity contribution is 1.31. The summed E-state index contributed by atoms with van der Waals surface area (Å²) in [5.74, 6) is 0.707. The average Bonchev–Trinajstić information content (AvgIpc) is 1.95. The maximum absolute atomic E-state index is 4.45. The fourth-order valence-corrected chi connectivity index (χ4v) is 0.841. The third-order valence-electron chi connectivity index (χ3n) is 0.906. The zero-order valence-corrected chi connectivity index (χ0v) is 7.37. The second kappa shape index (κ2) is 3.63. The minimum atomic E-state index is 0.707. The van der Waals surface area contributed by atoms with E-state index in [1.807, 2.05) is 12.1 Å². The molecule has 0 spiro atoms. The Morgan fingerprint density at radius 2 is 2.40 bits per heavy atom. The second-order valence-electron chi connectivity index (χ2n) is 1.59. The van der Waals surface area contributed by atoms with Crippen LogP contribution in [0.1, 0.15) is 0 Å². The van der Waals surface area contributed by atoms with E-state index < -0.39 is 0 Å². The zero-order valence-electron chi connectivity index (χ0n) is 4.97. The van der Waals surface area contributed by atoms with Gasteiger partial charge >= 0.3 is 0 Å². The highest BCUT2D eigenvalue weighted by atomic mass is 79.9. The van der Waals surface area contributed by atoms with Gasteiger partial charge in [-0.3, -0.25) is 0 Å². The lowest BCUT2D eigenvalue weighted by atomic mass is 10.5. The van der Waals surface area contributed by atoms with E-state index in [0.717, 1.165) is 4.47 Å². The number of hydrogen-bond acceptors (Lipinski definition) is 2. The Morgan fingerprint density at radius 3 is 2.90 bits per heavy atom. The molecule has 0 saturated carbocycles. The first-order valence-corrected chi connectivity index (χ1v) is 3.78. The topological polar surface area (TPSA) is 24.9 Å². The molecule has 1 aromatic rings. The first-order valence-electron chi connectivity index (χ1n) is 2.57. The van der Waals surface area contributed by atoms with Gasteiger partial charge in [0.15, 0.2) is 0 Å². The van der Waals surface area contributed by atoms with Gasteiger partial charge in [-0.15, -0.1) is 0 Å². The van der Waals surface area contributed by atoms with Crippen LogP contribution in [0, 0.1) is 0 Å². The number of pyridine rings is 1. The van der Waals surface area contributed by atoms with Gasteiger partial charge < -0.3 is 5.32 Å². The second-order valence-corrected chi connectivity index (χ2v) is 2.71. The predicted molar refractivity (Wildman–Crippen MR) is 48.2 cm³/mol. The van der Waals surface area contributed by atoms with Crippen molar-refractivity contribution in [3.05, 3.63) is 22.8 Å². The van der Waals surface area contributed by atoms with Crippen molar-refractivity contribution < 1.29 is 0 Å². The molecule has 0 atom stereocenters. The first kappa shape index (κ1) is 7.63. The number of halogens is 1. The van der Waals surface area contributed by atoms with Gasteiger partial charge in [-0.2, -0.15) is 0 Å². The van der Waals surface area contributed by atoms with E-state index in [2.05, 4.69) is 43.9 Å². The van der Waals surface area contributed by atoms with Crippen molar-refractivity contribution in [1.29, 1.82) is 0 Å². The minimum Gasteiger partial charge on any atom is -0.329 e. The summed E-state index contributed by atoms with van der Waals surface area (Å²) < 4.78 is 0.947. The standard InChI is InChI=1S/C6H4BrN2S/c7-5-1-2-6(8-3-5)9-4-10/h1-3H,(H,8,9,10). The summed E-state index contributed by atoms with van der Waals surface area (Å²) in [5, 5.41) is 2.67. The normalized spacial score (nSPS) is 8.90. The van der Waals surface area contributed by atoms with Gasteiger partial charge in [-0.25, -0.2) is 4.98 Å². The van der Waals surface area contributed by atoms with Crippen molar-refractivity contribution in [3.63, 3.8) is 0 Å². The predicted octanol–water partition coefficient (Wildman–Crippen LogP) is 2.09.